The first-order chi connectivity index (χ1) is 14.0. The standard InChI is InChI=1S/C21H18ClFN2O3S/c22-14-5-8-17-18(10-14)24-21(25(20(17)27)11-16-2-1-9-28-16)29-12-19(26)13-3-6-15(23)7-4-13/h3-8,10,16H,1-2,9,11-12H2/t16-/m1/s1. The second kappa shape index (κ2) is 8.65. The van der Waals surface area contributed by atoms with E-state index < -0.39 is 5.82 Å². The summed E-state index contributed by atoms with van der Waals surface area (Å²) in [5, 5.41) is 1.40. The highest BCUT2D eigenvalue weighted by Crippen LogP contribution is 2.23. The fourth-order valence-corrected chi connectivity index (χ4v) is 4.36. The molecule has 0 bridgehead atoms. The molecule has 1 aliphatic rings. The lowest BCUT2D eigenvalue weighted by Crippen LogP contribution is -2.29. The van der Waals surface area contributed by atoms with Gasteiger partial charge in [-0.15, -0.1) is 0 Å². The number of ketones is 1. The van der Waals surface area contributed by atoms with E-state index in [1.807, 2.05) is 0 Å². The lowest BCUT2D eigenvalue weighted by molar-refractivity contribution is 0.0937. The number of thioether (sulfide) groups is 1. The highest BCUT2D eigenvalue weighted by molar-refractivity contribution is 7.99. The summed E-state index contributed by atoms with van der Waals surface area (Å²) in [7, 11) is 0. The van der Waals surface area contributed by atoms with Gasteiger partial charge in [0.15, 0.2) is 10.9 Å². The third-order valence-corrected chi connectivity index (χ3v) is 6.00. The average molecular weight is 433 g/mol. The Bertz CT molecular complexity index is 1110. The van der Waals surface area contributed by atoms with Crippen molar-refractivity contribution in [2.75, 3.05) is 12.4 Å². The summed E-state index contributed by atoms with van der Waals surface area (Å²) in [6, 6.07) is 10.4. The summed E-state index contributed by atoms with van der Waals surface area (Å²) in [5.41, 5.74) is 0.720. The number of nitrogens with zero attached hydrogens (tertiary/aromatic N) is 2. The molecule has 3 aromatic rings. The van der Waals surface area contributed by atoms with Crippen molar-refractivity contribution >= 4 is 40.0 Å². The maximum absolute atomic E-state index is 13.1. The number of halogens is 2. The van der Waals surface area contributed by atoms with E-state index >= 15 is 0 Å². The van der Waals surface area contributed by atoms with Crippen molar-refractivity contribution in [3.05, 3.63) is 69.2 Å². The van der Waals surface area contributed by atoms with E-state index in [1.165, 1.54) is 36.0 Å². The van der Waals surface area contributed by atoms with Crippen LogP contribution in [-0.2, 0) is 11.3 Å². The van der Waals surface area contributed by atoms with Crippen LogP contribution in [0.5, 0.6) is 0 Å². The Morgan fingerprint density at radius 3 is 2.79 bits per heavy atom. The van der Waals surface area contributed by atoms with Gasteiger partial charge in [-0.3, -0.25) is 14.2 Å². The van der Waals surface area contributed by atoms with Crippen molar-refractivity contribution in [2.24, 2.45) is 0 Å². The van der Waals surface area contributed by atoms with E-state index in [-0.39, 0.29) is 23.2 Å². The minimum atomic E-state index is -0.396. The van der Waals surface area contributed by atoms with E-state index in [0.29, 0.717) is 39.8 Å². The normalized spacial score (nSPS) is 16.4. The zero-order chi connectivity index (χ0) is 20.4. The number of ether oxygens (including phenoxy) is 1. The predicted molar refractivity (Wildman–Crippen MR) is 111 cm³/mol. The molecule has 5 nitrogen and oxygen atoms in total. The average Bonchev–Trinajstić information content (AvgIpc) is 3.22. The van der Waals surface area contributed by atoms with Crippen LogP contribution in [0, 0.1) is 5.82 Å². The lowest BCUT2D eigenvalue weighted by atomic mass is 10.1. The van der Waals surface area contributed by atoms with Gasteiger partial charge in [-0.1, -0.05) is 23.4 Å². The van der Waals surface area contributed by atoms with E-state index in [4.69, 9.17) is 16.3 Å². The van der Waals surface area contributed by atoms with Gasteiger partial charge in [0.05, 0.1) is 29.3 Å². The van der Waals surface area contributed by atoms with Crippen LogP contribution in [-0.4, -0.2) is 33.8 Å². The van der Waals surface area contributed by atoms with E-state index in [1.54, 1.807) is 22.8 Å². The Balaban J connectivity index is 1.65. The Morgan fingerprint density at radius 1 is 1.28 bits per heavy atom. The molecule has 2 aromatic carbocycles. The third-order valence-electron chi connectivity index (χ3n) is 4.79. The molecule has 0 radical (unpaired) electrons. The monoisotopic (exact) mass is 432 g/mol. The predicted octanol–water partition coefficient (Wildman–Crippen LogP) is 4.34. The largest absolute Gasteiger partial charge is 0.376 e. The molecular weight excluding hydrogens is 415 g/mol. The molecule has 0 unspecified atom stereocenters. The molecule has 150 valence electrons. The third kappa shape index (κ3) is 4.52. The second-order valence-electron chi connectivity index (χ2n) is 6.83. The topological polar surface area (TPSA) is 61.2 Å². The first kappa shape index (κ1) is 20.1. The van der Waals surface area contributed by atoms with Crippen LogP contribution in [0.2, 0.25) is 5.02 Å². The molecule has 1 aromatic heterocycles. The van der Waals surface area contributed by atoms with Crippen LogP contribution >= 0.6 is 23.4 Å². The highest BCUT2D eigenvalue weighted by Gasteiger charge is 2.21. The highest BCUT2D eigenvalue weighted by atomic mass is 35.5. The number of hydrogen-bond acceptors (Lipinski definition) is 5. The molecule has 0 N–H and O–H groups in total. The summed E-state index contributed by atoms with van der Waals surface area (Å²) < 4.78 is 20.3. The molecule has 1 saturated heterocycles. The van der Waals surface area contributed by atoms with Crippen LogP contribution in [0.15, 0.2) is 52.4 Å². The van der Waals surface area contributed by atoms with Crippen LogP contribution in [0.1, 0.15) is 23.2 Å². The minimum Gasteiger partial charge on any atom is -0.376 e. The number of Topliss-reactive ketones (excluding diaryl/α,β-unsaturated/α-hetero) is 1. The quantitative estimate of drug-likeness (QED) is 0.329. The lowest BCUT2D eigenvalue weighted by Gasteiger charge is -2.16. The van der Waals surface area contributed by atoms with Gasteiger partial charge in [0, 0.05) is 17.2 Å². The van der Waals surface area contributed by atoms with Crippen molar-refractivity contribution in [3.63, 3.8) is 0 Å². The molecule has 0 amide bonds. The first-order valence-corrected chi connectivity index (χ1v) is 10.6. The Labute approximate surface area is 175 Å². The van der Waals surface area contributed by atoms with Gasteiger partial charge < -0.3 is 4.74 Å². The molecule has 1 fully saturated rings. The van der Waals surface area contributed by atoms with Crippen molar-refractivity contribution < 1.29 is 13.9 Å². The fourth-order valence-electron chi connectivity index (χ4n) is 3.29. The maximum atomic E-state index is 13.1. The summed E-state index contributed by atoms with van der Waals surface area (Å²) in [5.74, 6) is -0.484. The summed E-state index contributed by atoms with van der Waals surface area (Å²) in [6.45, 7) is 1.07. The summed E-state index contributed by atoms with van der Waals surface area (Å²) in [6.07, 6.45) is 1.79. The van der Waals surface area contributed by atoms with Crippen LogP contribution < -0.4 is 5.56 Å². The second-order valence-corrected chi connectivity index (χ2v) is 8.20. The van der Waals surface area contributed by atoms with Gasteiger partial charge in [0.25, 0.3) is 5.56 Å². The maximum Gasteiger partial charge on any atom is 0.262 e. The molecule has 1 atom stereocenters. The number of fused-ring (bicyclic) bond motifs is 1. The van der Waals surface area contributed by atoms with Crippen molar-refractivity contribution in [2.45, 2.75) is 30.6 Å². The Morgan fingerprint density at radius 2 is 2.07 bits per heavy atom. The number of rotatable bonds is 6. The van der Waals surface area contributed by atoms with Crippen LogP contribution in [0.3, 0.4) is 0 Å². The number of aromatic nitrogens is 2. The van der Waals surface area contributed by atoms with E-state index in [9.17, 15) is 14.0 Å². The molecule has 0 spiro atoms. The Kier molecular flexibility index (Phi) is 5.99. The van der Waals surface area contributed by atoms with Gasteiger partial charge in [-0.2, -0.15) is 0 Å². The molecule has 8 heteroatoms. The SMILES string of the molecule is O=C(CSc1nc2cc(Cl)ccc2c(=O)n1C[C@H]1CCCO1)c1ccc(F)cc1. The van der Waals surface area contributed by atoms with Crippen molar-refractivity contribution in [1.82, 2.24) is 9.55 Å². The Hall–Kier alpha value is -2.22. The molecule has 29 heavy (non-hydrogen) atoms. The number of hydrogen-bond donors (Lipinski definition) is 0. The molecule has 4 rings (SSSR count). The van der Waals surface area contributed by atoms with Crippen molar-refractivity contribution in [3.8, 4) is 0 Å². The molecule has 0 saturated carbocycles. The molecule has 0 aliphatic carbocycles. The van der Waals surface area contributed by atoms with Gasteiger partial charge in [-0.25, -0.2) is 9.37 Å². The van der Waals surface area contributed by atoms with E-state index in [2.05, 4.69) is 4.98 Å². The van der Waals surface area contributed by atoms with Crippen LogP contribution in [0.4, 0.5) is 4.39 Å². The van der Waals surface area contributed by atoms with Gasteiger partial charge in [0.2, 0.25) is 0 Å². The van der Waals surface area contributed by atoms with Crippen LogP contribution in [0.25, 0.3) is 10.9 Å². The van der Waals surface area contributed by atoms with Gasteiger partial charge >= 0.3 is 0 Å². The number of benzene rings is 2. The minimum absolute atomic E-state index is 0.0496. The number of carbonyl (C=O) groups excluding carboxylic acids is 1. The summed E-state index contributed by atoms with van der Waals surface area (Å²) >= 11 is 7.24. The molecule has 1 aliphatic heterocycles. The smallest absolute Gasteiger partial charge is 0.262 e. The fraction of sp³-hybridized carbons (Fsp3) is 0.286. The summed E-state index contributed by atoms with van der Waals surface area (Å²) in [4.78, 5) is 30.2. The van der Waals surface area contributed by atoms with Gasteiger partial charge in [0.1, 0.15) is 5.82 Å². The zero-order valence-electron chi connectivity index (χ0n) is 15.4. The van der Waals surface area contributed by atoms with E-state index in [0.717, 1.165) is 12.8 Å². The number of carbonyl (C=O) groups is 1. The molecule has 2 heterocycles. The van der Waals surface area contributed by atoms with Gasteiger partial charge in [-0.05, 0) is 55.3 Å². The molecular formula is C21H18ClFN2O3S. The first-order valence-electron chi connectivity index (χ1n) is 9.24. The zero-order valence-corrected chi connectivity index (χ0v) is 17.0. The van der Waals surface area contributed by atoms with Crippen molar-refractivity contribution in [1.29, 1.82) is 0 Å².